The summed E-state index contributed by atoms with van der Waals surface area (Å²) in [4.78, 5) is 14.4. The summed E-state index contributed by atoms with van der Waals surface area (Å²) >= 11 is 0. The van der Waals surface area contributed by atoms with Crippen LogP contribution in [0.4, 0.5) is 0 Å². The molecule has 0 spiro atoms. The van der Waals surface area contributed by atoms with Crippen molar-refractivity contribution in [2.45, 2.75) is 70.4 Å². The van der Waals surface area contributed by atoms with Crippen LogP contribution in [0.2, 0.25) is 0 Å². The number of rotatable bonds is 4. The Kier molecular flexibility index (Phi) is 4.75. The smallest absolute Gasteiger partial charge is 0.325 e. The van der Waals surface area contributed by atoms with Gasteiger partial charge in [0.15, 0.2) is 0 Å². The van der Waals surface area contributed by atoms with Gasteiger partial charge in [0.1, 0.15) is 5.54 Å². The van der Waals surface area contributed by atoms with Crippen LogP contribution < -0.4 is 5.73 Å². The number of methoxy groups -OCH3 is 1. The van der Waals surface area contributed by atoms with Gasteiger partial charge in [-0.2, -0.15) is 0 Å². The van der Waals surface area contributed by atoms with E-state index in [2.05, 4.69) is 18.7 Å². The normalized spacial score (nSPS) is 34.1. The Morgan fingerprint density at radius 3 is 2.35 bits per heavy atom. The van der Waals surface area contributed by atoms with Gasteiger partial charge in [-0.1, -0.05) is 26.7 Å². The zero-order valence-corrected chi connectivity index (χ0v) is 13.3. The van der Waals surface area contributed by atoms with Gasteiger partial charge >= 0.3 is 5.97 Å². The van der Waals surface area contributed by atoms with Gasteiger partial charge in [0.05, 0.1) is 7.11 Å². The quantitative estimate of drug-likeness (QED) is 0.804. The Labute approximate surface area is 123 Å². The molecule has 116 valence electrons. The van der Waals surface area contributed by atoms with Crippen molar-refractivity contribution in [1.82, 2.24) is 4.90 Å². The van der Waals surface area contributed by atoms with Crippen molar-refractivity contribution >= 4 is 5.97 Å². The van der Waals surface area contributed by atoms with E-state index in [0.717, 1.165) is 32.4 Å². The maximum absolute atomic E-state index is 11.8. The van der Waals surface area contributed by atoms with Crippen molar-refractivity contribution in [3.05, 3.63) is 0 Å². The topological polar surface area (TPSA) is 55.6 Å². The van der Waals surface area contributed by atoms with E-state index in [-0.39, 0.29) is 5.97 Å². The van der Waals surface area contributed by atoms with E-state index in [4.69, 9.17) is 10.5 Å². The van der Waals surface area contributed by atoms with Gasteiger partial charge in [-0.05, 0) is 50.6 Å². The predicted molar refractivity (Wildman–Crippen MR) is 80.4 cm³/mol. The monoisotopic (exact) mass is 282 g/mol. The molecule has 4 nitrogen and oxygen atoms in total. The minimum atomic E-state index is -0.747. The molecule has 0 bridgehead atoms. The first kappa shape index (κ1) is 15.8. The molecule has 0 aromatic rings. The third kappa shape index (κ3) is 2.86. The molecule has 1 saturated carbocycles. The number of hydrogen-bond donors (Lipinski definition) is 1. The van der Waals surface area contributed by atoms with Crippen molar-refractivity contribution < 1.29 is 9.53 Å². The van der Waals surface area contributed by atoms with Crippen LogP contribution in [0.1, 0.15) is 58.8 Å². The molecule has 2 aliphatic rings. The first-order valence-electron chi connectivity index (χ1n) is 8.10. The van der Waals surface area contributed by atoms with Crippen molar-refractivity contribution in [1.29, 1.82) is 0 Å². The molecular formula is C16H30N2O2. The average molecular weight is 282 g/mol. The van der Waals surface area contributed by atoms with E-state index in [9.17, 15) is 4.79 Å². The van der Waals surface area contributed by atoms with E-state index in [1.807, 2.05) is 0 Å². The van der Waals surface area contributed by atoms with Crippen molar-refractivity contribution in [2.75, 3.05) is 20.2 Å². The van der Waals surface area contributed by atoms with Crippen LogP contribution in [-0.2, 0) is 9.53 Å². The molecule has 0 aromatic heterocycles. The maximum atomic E-state index is 11.8. The first-order chi connectivity index (χ1) is 9.48. The van der Waals surface area contributed by atoms with Crippen LogP contribution in [0, 0.1) is 5.41 Å². The minimum Gasteiger partial charge on any atom is -0.468 e. The molecule has 4 heteroatoms. The number of nitrogens with two attached hydrogens (primary N) is 1. The summed E-state index contributed by atoms with van der Waals surface area (Å²) in [7, 11) is 1.43. The van der Waals surface area contributed by atoms with Crippen LogP contribution in [0.25, 0.3) is 0 Å². The summed E-state index contributed by atoms with van der Waals surface area (Å²) in [6.45, 7) is 6.95. The fraction of sp³-hybridized carbons (Fsp3) is 0.938. The standard InChI is InChI=1S/C16H30N2O2/c1-4-15(5-2)8-10-18(11-9-15)13-6-7-16(17,12-13)14(19)20-3/h13H,4-12,17H2,1-3H3. The second-order valence-corrected chi connectivity index (χ2v) is 6.79. The van der Waals surface area contributed by atoms with Crippen LogP contribution in [0.15, 0.2) is 0 Å². The zero-order chi connectivity index (χ0) is 14.8. The van der Waals surface area contributed by atoms with E-state index in [0.29, 0.717) is 11.5 Å². The fourth-order valence-corrected chi connectivity index (χ4v) is 4.07. The Balaban J connectivity index is 1.91. The number of hydrogen-bond acceptors (Lipinski definition) is 4. The highest BCUT2D eigenvalue weighted by molar-refractivity contribution is 5.81. The van der Waals surface area contributed by atoms with E-state index < -0.39 is 5.54 Å². The molecule has 2 atom stereocenters. The molecule has 0 amide bonds. The zero-order valence-electron chi connectivity index (χ0n) is 13.3. The van der Waals surface area contributed by atoms with Crippen molar-refractivity contribution in [2.24, 2.45) is 11.1 Å². The molecule has 1 aliphatic heterocycles. The number of carbonyl (C=O) groups excluding carboxylic acids is 1. The SMILES string of the molecule is CCC1(CC)CCN(C2CCC(N)(C(=O)OC)C2)CC1. The van der Waals surface area contributed by atoms with Crippen LogP contribution >= 0.6 is 0 Å². The number of nitrogens with zero attached hydrogens (tertiary/aromatic N) is 1. The Hall–Kier alpha value is -0.610. The minimum absolute atomic E-state index is 0.242. The van der Waals surface area contributed by atoms with Crippen LogP contribution in [0.5, 0.6) is 0 Å². The van der Waals surface area contributed by atoms with Gasteiger partial charge in [0.2, 0.25) is 0 Å². The molecule has 1 heterocycles. The number of carbonyl (C=O) groups is 1. The van der Waals surface area contributed by atoms with Crippen LogP contribution in [-0.4, -0.2) is 42.6 Å². The molecule has 2 unspecified atom stereocenters. The summed E-state index contributed by atoms with van der Waals surface area (Å²) in [6.07, 6.45) is 7.67. The molecule has 0 radical (unpaired) electrons. The number of esters is 1. The fourth-order valence-electron chi connectivity index (χ4n) is 4.07. The summed E-state index contributed by atoms with van der Waals surface area (Å²) < 4.78 is 4.86. The molecule has 2 fully saturated rings. The van der Waals surface area contributed by atoms with Gasteiger partial charge in [-0.3, -0.25) is 4.79 Å². The number of ether oxygens (including phenoxy) is 1. The Morgan fingerprint density at radius 1 is 1.25 bits per heavy atom. The van der Waals surface area contributed by atoms with Gasteiger partial charge in [-0.15, -0.1) is 0 Å². The molecule has 20 heavy (non-hydrogen) atoms. The molecular weight excluding hydrogens is 252 g/mol. The highest BCUT2D eigenvalue weighted by atomic mass is 16.5. The third-order valence-corrected chi connectivity index (χ3v) is 5.99. The molecule has 1 saturated heterocycles. The number of piperidine rings is 1. The van der Waals surface area contributed by atoms with E-state index in [1.165, 1.54) is 32.8 Å². The van der Waals surface area contributed by atoms with Gasteiger partial charge in [0, 0.05) is 6.04 Å². The number of likely N-dealkylation sites (tertiary alicyclic amines) is 1. The summed E-state index contributed by atoms with van der Waals surface area (Å²) in [6, 6.07) is 0.464. The van der Waals surface area contributed by atoms with Crippen molar-refractivity contribution in [3.8, 4) is 0 Å². The van der Waals surface area contributed by atoms with Crippen LogP contribution in [0.3, 0.4) is 0 Å². The second-order valence-electron chi connectivity index (χ2n) is 6.79. The lowest BCUT2D eigenvalue weighted by Crippen LogP contribution is -2.49. The van der Waals surface area contributed by atoms with Gasteiger partial charge in [-0.25, -0.2) is 0 Å². The molecule has 1 aliphatic carbocycles. The molecule has 2 N–H and O–H groups in total. The lowest BCUT2D eigenvalue weighted by atomic mass is 9.74. The maximum Gasteiger partial charge on any atom is 0.325 e. The van der Waals surface area contributed by atoms with E-state index >= 15 is 0 Å². The Morgan fingerprint density at radius 2 is 1.85 bits per heavy atom. The molecule has 2 rings (SSSR count). The third-order valence-electron chi connectivity index (χ3n) is 5.99. The average Bonchev–Trinajstić information content (AvgIpc) is 2.90. The van der Waals surface area contributed by atoms with E-state index in [1.54, 1.807) is 0 Å². The lowest BCUT2D eigenvalue weighted by Gasteiger charge is -2.43. The largest absolute Gasteiger partial charge is 0.468 e. The summed E-state index contributed by atoms with van der Waals surface area (Å²) in [5.74, 6) is -0.242. The van der Waals surface area contributed by atoms with Gasteiger partial charge < -0.3 is 15.4 Å². The highest BCUT2D eigenvalue weighted by Crippen LogP contribution is 2.41. The van der Waals surface area contributed by atoms with Crippen molar-refractivity contribution in [3.63, 3.8) is 0 Å². The Bertz CT molecular complexity index is 344. The summed E-state index contributed by atoms with van der Waals surface area (Å²) in [5, 5.41) is 0. The molecule has 0 aromatic carbocycles. The predicted octanol–water partition coefficient (Wildman–Crippen LogP) is 2.31. The second kappa shape index (κ2) is 6.02. The first-order valence-corrected chi connectivity index (χ1v) is 8.10. The van der Waals surface area contributed by atoms with Gasteiger partial charge in [0.25, 0.3) is 0 Å². The highest BCUT2D eigenvalue weighted by Gasteiger charge is 2.45. The summed E-state index contributed by atoms with van der Waals surface area (Å²) in [5.41, 5.74) is 6.02. The lowest BCUT2D eigenvalue weighted by molar-refractivity contribution is -0.147.